The Labute approximate surface area is 123 Å². The van der Waals surface area contributed by atoms with Gasteiger partial charge in [0.05, 0.1) is 17.8 Å². The zero-order chi connectivity index (χ0) is 14.7. The van der Waals surface area contributed by atoms with Gasteiger partial charge in [-0.25, -0.2) is 4.79 Å². The molecule has 0 aliphatic rings. The lowest BCUT2D eigenvalue weighted by molar-refractivity contribution is 0.0527. The van der Waals surface area contributed by atoms with Crippen LogP contribution in [0.2, 0.25) is 5.02 Å². The van der Waals surface area contributed by atoms with E-state index in [-0.39, 0.29) is 5.97 Å². The maximum absolute atomic E-state index is 12.0. The number of benzene rings is 1. The molecule has 0 aliphatic carbocycles. The first-order chi connectivity index (χ1) is 9.60. The standard InChI is InChI=1S/C15H17ClN2O2/c1-4-17-14-10-6-7-12(16)9(3)13(10)18-8-11(14)15(19)20-5-2/h6-8H,4-5H2,1-3H3,(H,17,18). The molecule has 0 radical (unpaired) electrons. The number of aromatic nitrogens is 1. The molecule has 0 aliphatic heterocycles. The van der Waals surface area contributed by atoms with Crippen LogP contribution in [0.3, 0.4) is 0 Å². The van der Waals surface area contributed by atoms with Gasteiger partial charge >= 0.3 is 5.97 Å². The molecular weight excluding hydrogens is 276 g/mol. The molecule has 20 heavy (non-hydrogen) atoms. The Hall–Kier alpha value is -1.81. The summed E-state index contributed by atoms with van der Waals surface area (Å²) in [5.74, 6) is -0.370. The number of hydrogen-bond donors (Lipinski definition) is 1. The number of anilines is 1. The summed E-state index contributed by atoms with van der Waals surface area (Å²) in [7, 11) is 0. The van der Waals surface area contributed by atoms with Crippen molar-refractivity contribution in [3.63, 3.8) is 0 Å². The van der Waals surface area contributed by atoms with Crippen LogP contribution in [0.15, 0.2) is 18.3 Å². The van der Waals surface area contributed by atoms with Gasteiger partial charge in [0.2, 0.25) is 0 Å². The summed E-state index contributed by atoms with van der Waals surface area (Å²) < 4.78 is 5.07. The van der Waals surface area contributed by atoms with Gasteiger partial charge in [-0.1, -0.05) is 11.6 Å². The number of halogens is 1. The third-order valence-electron chi connectivity index (χ3n) is 3.08. The maximum Gasteiger partial charge on any atom is 0.341 e. The number of rotatable bonds is 4. The van der Waals surface area contributed by atoms with Crippen molar-refractivity contribution in [2.24, 2.45) is 0 Å². The molecule has 0 unspecified atom stereocenters. The number of nitrogens with zero attached hydrogens (tertiary/aromatic N) is 1. The normalized spacial score (nSPS) is 10.6. The summed E-state index contributed by atoms with van der Waals surface area (Å²) in [5, 5.41) is 4.76. The molecule has 1 aromatic carbocycles. The lowest BCUT2D eigenvalue weighted by Crippen LogP contribution is -2.11. The Balaban J connectivity index is 2.69. The van der Waals surface area contributed by atoms with Crippen LogP contribution in [0.4, 0.5) is 5.69 Å². The Morgan fingerprint density at radius 3 is 2.80 bits per heavy atom. The molecule has 0 fully saturated rings. The van der Waals surface area contributed by atoms with E-state index in [0.29, 0.717) is 23.7 Å². The van der Waals surface area contributed by atoms with Gasteiger partial charge in [-0.3, -0.25) is 4.98 Å². The molecule has 2 aromatic rings. The molecule has 4 nitrogen and oxygen atoms in total. The van der Waals surface area contributed by atoms with E-state index in [4.69, 9.17) is 16.3 Å². The molecule has 0 bridgehead atoms. The van der Waals surface area contributed by atoms with E-state index < -0.39 is 0 Å². The Morgan fingerprint density at radius 1 is 1.40 bits per heavy atom. The summed E-state index contributed by atoms with van der Waals surface area (Å²) >= 11 is 6.12. The topological polar surface area (TPSA) is 51.2 Å². The number of ether oxygens (including phenoxy) is 1. The molecule has 0 saturated heterocycles. The SMILES string of the molecule is CCNc1c(C(=O)OCC)cnc2c(C)c(Cl)ccc12. The van der Waals surface area contributed by atoms with E-state index in [0.717, 1.165) is 22.2 Å². The number of carbonyl (C=O) groups is 1. The molecule has 1 N–H and O–H groups in total. The Kier molecular flexibility index (Phi) is 4.45. The van der Waals surface area contributed by atoms with Crippen LogP contribution in [-0.4, -0.2) is 24.1 Å². The minimum atomic E-state index is -0.370. The van der Waals surface area contributed by atoms with Crippen molar-refractivity contribution in [3.8, 4) is 0 Å². The second kappa shape index (κ2) is 6.09. The molecule has 0 amide bonds. The number of carbonyl (C=O) groups excluding carboxylic acids is 1. The molecule has 0 saturated carbocycles. The van der Waals surface area contributed by atoms with Crippen molar-refractivity contribution in [2.75, 3.05) is 18.5 Å². The van der Waals surface area contributed by atoms with Gasteiger partial charge < -0.3 is 10.1 Å². The molecular formula is C15H17ClN2O2. The van der Waals surface area contributed by atoms with Gasteiger partial charge in [0.15, 0.2) is 0 Å². The van der Waals surface area contributed by atoms with Crippen LogP contribution in [0.1, 0.15) is 29.8 Å². The van der Waals surface area contributed by atoms with Crippen LogP contribution < -0.4 is 5.32 Å². The van der Waals surface area contributed by atoms with E-state index in [1.54, 1.807) is 13.1 Å². The van der Waals surface area contributed by atoms with Gasteiger partial charge in [0.25, 0.3) is 0 Å². The summed E-state index contributed by atoms with van der Waals surface area (Å²) in [6.45, 7) is 6.71. The van der Waals surface area contributed by atoms with Gasteiger partial charge in [0, 0.05) is 23.2 Å². The second-order valence-corrected chi connectivity index (χ2v) is 4.77. The van der Waals surface area contributed by atoms with Crippen LogP contribution in [0.25, 0.3) is 10.9 Å². The molecule has 2 rings (SSSR count). The second-order valence-electron chi connectivity index (χ2n) is 4.37. The minimum absolute atomic E-state index is 0.335. The summed E-state index contributed by atoms with van der Waals surface area (Å²) in [6, 6.07) is 3.69. The van der Waals surface area contributed by atoms with Gasteiger partial charge in [-0.2, -0.15) is 0 Å². The summed E-state index contributed by atoms with van der Waals surface area (Å²) in [4.78, 5) is 16.4. The fourth-order valence-corrected chi connectivity index (χ4v) is 2.27. The predicted octanol–water partition coefficient (Wildman–Crippen LogP) is 3.81. The van der Waals surface area contributed by atoms with Gasteiger partial charge in [-0.15, -0.1) is 0 Å². The predicted molar refractivity (Wildman–Crippen MR) is 81.6 cm³/mol. The third-order valence-corrected chi connectivity index (χ3v) is 3.48. The Morgan fingerprint density at radius 2 is 2.15 bits per heavy atom. The molecule has 1 aromatic heterocycles. The average Bonchev–Trinajstić information content (AvgIpc) is 2.43. The highest BCUT2D eigenvalue weighted by atomic mass is 35.5. The first kappa shape index (κ1) is 14.6. The number of hydrogen-bond acceptors (Lipinski definition) is 4. The number of fused-ring (bicyclic) bond motifs is 1. The highest BCUT2D eigenvalue weighted by Gasteiger charge is 2.17. The summed E-state index contributed by atoms with van der Waals surface area (Å²) in [6.07, 6.45) is 1.54. The maximum atomic E-state index is 12.0. The van der Waals surface area contributed by atoms with E-state index in [9.17, 15) is 4.79 Å². The number of pyridine rings is 1. The van der Waals surface area contributed by atoms with E-state index in [1.807, 2.05) is 26.0 Å². The smallest absolute Gasteiger partial charge is 0.341 e. The average molecular weight is 293 g/mol. The van der Waals surface area contributed by atoms with Gasteiger partial charge in [0.1, 0.15) is 5.56 Å². The minimum Gasteiger partial charge on any atom is -0.462 e. The van der Waals surface area contributed by atoms with Crippen LogP contribution in [0.5, 0.6) is 0 Å². The van der Waals surface area contributed by atoms with Crippen molar-refractivity contribution in [1.82, 2.24) is 4.98 Å². The zero-order valence-electron chi connectivity index (χ0n) is 11.8. The highest BCUT2D eigenvalue weighted by Crippen LogP contribution is 2.31. The number of aryl methyl sites for hydroxylation is 1. The summed E-state index contributed by atoms with van der Waals surface area (Å²) in [5.41, 5.74) is 2.89. The lowest BCUT2D eigenvalue weighted by atomic mass is 10.1. The quantitative estimate of drug-likeness (QED) is 0.871. The third kappa shape index (κ3) is 2.56. The van der Waals surface area contributed by atoms with Crippen LogP contribution in [0, 0.1) is 6.92 Å². The van der Waals surface area contributed by atoms with E-state index in [1.165, 1.54) is 0 Å². The van der Waals surface area contributed by atoms with Crippen LogP contribution >= 0.6 is 11.6 Å². The fourth-order valence-electron chi connectivity index (χ4n) is 2.11. The number of esters is 1. The fraction of sp³-hybridized carbons (Fsp3) is 0.333. The molecule has 106 valence electrons. The first-order valence-corrected chi connectivity index (χ1v) is 6.96. The highest BCUT2D eigenvalue weighted by molar-refractivity contribution is 6.32. The molecule has 1 heterocycles. The van der Waals surface area contributed by atoms with Crippen molar-refractivity contribution in [1.29, 1.82) is 0 Å². The Bertz CT molecular complexity index is 656. The van der Waals surface area contributed by atoms with E-state index in [2.05, 4.69) is 10.3 Å². The van der Waals surface area contributed by atoms with Crippen molar-refractivity contribution in [2.45, 2.75) is 20.8 Å². The van der Waals surface area contributed by atoms with Crippen molar-refractivity contribution in [3.05, 3.63) is 34.5 Å². The lowest BCUT2D eigenvalue weighted by Gasteiger charge is -2.14. The molecule has 5 heteroatoms. The molecule has 0 spiro atoms. The first-order valence-electron chi connectivity index (χ1n) is 6.58. The largest absolute Gasteiger partial charge is 0.462 e. The van der Waals surface area contributed by atoms with Crippen molar-refractivity contribution < 1.29 is 9.53 Å². The van der Waals surface area contributed by atoms with E-state index >= 15 is 0 Å². The zero-order valence-corrected chi connectivity index (χ0v) is 12.5. The number of nitrogens with one attached hydrogen (secondary N) is 1. The van der Waals surface area contributed by atoms with Crippen molar-refractivity contribution >= 4 is 34.2 Å². The van der Waals surface area contributed by atoms with Gasteiger partial charge in [-0.05, 0) is 38.5 Å². The van der Waals surface area contributed by atoms with Crippen LogP contribution in [-0.2, 0) is 4.74 Å². The monoisotopic (exact) mass is 292 g/mol. The molecule has 0 atom stereocenters.